The van der Waals surface area contributed by atoms with Crippen LogP contribution < -0.4 is 0 Å². The van der Waals surface area contributed by atoms with Gasteiger partial charge in [0.2, 0.25) is 5.13 Å². The zero-order chi connectivity index (χ0) is 17.7. The van der Waals surface area contributed by atoms with Gasteiger partial charge in [0.25, 0.3) is 0 Å². The van der Waals surface area contributed by atoms with E-state index in [2.05, 4.69) is 60.3 Å². The van der Waals surface area contributed by atoms with Gasteiger partial charge in [0, 0.05) is 28.5 Å². The monoisotopic (exact) mass is 357 g/mol. The molecular formula is C22H19N3S. The van der Waals surface area contributed by atoms with Crippen LogP contribution >= 0.6 is 11.3 Å². The van der Waals surface area contributed by atoms with E-state index in [-0.39, 0.29) is 0 Å². The molecule has 4 heteroatoms. The van der Waals surface area contributed by atoms with Crippen molar-refractivity contribution in [1.29, 1.82) is 0 Å². The average Bonchev–Trinajstić information content (AvgIpc) is 3.36. The molecule has 0 N–H and O–H groups in total. The molecule has 26 heavy (non-hydrogen) atoms. The molecule has 5 rings (SSSR count). The van der Waals surface area contributed by atoms with Crippen LogP contribution in [0.25, 0.3) is 27.6 Å². The lowest BCUT2D eigenvalue weighted by molar-refractivity contribution is 0.761. The Morgan fingerprint density at radius 2 is 1.77 bits per heavy atom. The van der Waals surface area contributed by atoms with Gasteiger partial charge in [-0.25, -0.2) is 9.67 Å². The zero-order valence-corrected chi connectivity index (χ0v) is 15.6. The summed E-state index contributed by atoms with van der Waals surface area (Å²) < 4.78 is 2.06. The first-order valence-corrected chi connectivity index (χ1v) is 9.81. The fourth-order valence-electron chi connectivity index (χ4n) is 3.72. The van der Waals surface area contributed by atoms with Crippen LogP contribution in [0.1, 0.15) is 36.6 Å². The van der Waals surface area contributed by atoms with Gasteiger partial charge in [-0.1, -0.05) is 68.4 Å². The summed E-state index contributed by atoms with van der Waals surface area (Å²) in [5.41, 5.74) is 8.59. The molecule has 0 fully saturated rings. The van der Waals surface area contributed by atoms with Gasteiger partial charge in [-0.3, -0.25) is 0 Å². The van der Waals surface area contributed by atoms with Gasteiger partial charge in [-0.05, 0) is 11.5 Å². The molecule has 0 saturated carbocycles. The summed E-state index contributed by atoms with van der Waals surface area (Å²) in [5, 5.41) is 8.03. The van der Waals surface area contributed by atoms with E-state index in [0.717, 1.165) is 22.8 Å². The van der Waals surface area contributed by atoms with Crippen LogP contribution in [0.15, 0.2) is 60.0 Å². The van der Waals surface area contributed by atoms with E-state index >= 15 is 0 Å². The van der Waals surface area contributed by atoms with E-state index in [0.29, 0.717) is 5.92 Å². The van der Waals surface area contributed by atoms with Crippen LogP contribution in [0.3, 0.4) is 0 Å². The minimum atomic E-state index is 0.396. The molecule has 1 aliphatic rings. The Bertz CT molecular complexity index is 1090. The molecule has 3 nitrogen and oxygen atoms in total. The van der Waals surface area contributed by atoms with Crippen LogP contribution in [0.2, 0.25) is 0 Å². The fraction of sp³-hybridized carbons (Fsp3) is 0.182. The van der Waals surface area contributed by atoms with Crippen LogP contribution in [0, 0.1) is 0 Å². The number of hydrogen-bond donors (Lipinski definition) is 0. The maximum absolute atomic E-state index is 4.97. The maximum Gasteiger partial charge on any atom is 0.211 e. The van der Waals surface area contributed by atoms with Crippen LogP contribution in [0.5, 0.6) is 0 Å². The quantitative estimate of drug-likeness (QED) is 0.415. The first-order chi connectivity index (χ1) is 12.7. The smallest absolute Gasteiger partial charge is 0.211 e. The highest BCUT2D eigenvalue weighted by molar-refractivity contribution is 7.12. The van der Waals surface area contributed by atoms with E-state index in [1.54, 1.807) is 11.3 Å². The molecule has 2 aromatic carbocycles. The second kappa shape index (κ2) is 5.92. The van der Waals surface area contributed by atoms with Crippen molar-refractivity contribution in [3.05, 3.63) is 76.8 Å². The number of nitrogens with zero attached hydrogens (tertiary/aromatic N) is 3. The van der Waals surface area contributed by atoms with E-state index < -0.39 is 0 Å². The SMILES string of the molecule is CC(C)c1nn(-c2nc(-c3ccccc3)cs2)c2c1Cc1ccccc1-2. The van der Waals surface area contributed by atoms with Crippen molar-refractivity contribution in [2.24, 2.45) is 0 Å². The molecule has 0 amide bonds. The summed E-state index contributed by atoms with van der Waals surface area (Å²) in [6, 6.07) is 19.0. The second-order valence-corrected chi connectivity index (χ2v) is 7.83. The summed E-state index contributed by atoms with van der Waals surface area (Å²) in [4.78, 5) is 4.89. The average molecular weight is 357 g/mol. The summed E-state index contributed by atoms with van der Waals surface area (Å²) in [6.45, 7) is 4.43. The molecule has 0 atom stereocenters. The van der Waals surface area contributed by atoms with Crippen molar-refractivity contribution in [2.75, 3.05) is 0 Å². The first-order valence-electron chi connectivity index (χ1n) is 8.94. The highest BCUT2D eigenvalue weighted by atomic mass is 32.1. The van der Waals surface area contributed by atoms with Gasteiger partial charge in [-0.15, -0.1) is 11.3 Å². The molecule has 0 radical (unpaired) electrons. The van der Waals surface area contributed by atoms with E-state index in [9.17, 15) is 0 Å². The predicted molar refractivity (Wildman–Crippen MR) is 107 cm³/mol. The Balaban J connectivity index is 1.68. The van der Waals surface area contributed by atoms with Crippen LogP contribution in [-0.4, -0.2) is 14.8 Å². The highest BCUT2D eigenvalue weighted by Gasteiger charge is 2.29. The van der Waals surface area contributed by atoms with Crippen LogP contribution in [0.4, 0.5) is 0 Å². The second-order valence-electron chi connectivity index (χ2n) is 6.99. The van der Waals surface area contributed by atoms with Crippen LogP contribution in [-0.2, 0) is 6.42 Å². The predicted octanol–water partition coefficient (Wildman–Crippen LogP) is 5.69. The number of benzene rings is 2. The molecular weight excluding hydrogens is 338 g/mol. The van der Waals surface area contributed by atoms with E-state index in [4.69, 9.17) is 10.1 Å². The number of fused-ring (bicyclic) bond motifs is 3. The first kappa shape index (κ1) is 15.5. The van der Waals surface area contributed by atoms with Gasteiger partial charge in [0.1, 0.15) is 0 Å². The lowest BCUT2D eigenvalue weighted by Gasteiger charge is -2.05. The Morgan fingerprint density at radius 1 is 1.00 bits per heavy atom. The summed E-state index contributed by atoms with van der Waals surface area (Å²) in [7, 11) is 0. The van der Waals surface area contributed by atoms with Gasteiger partial charge >= 0.3 is 0 Å². The normalized spacial score (nSPS) is 12.4. The van der Waals surface area contributed by atoms with Crippen molar-refractivity contribution in [3.8, 4) is 27.6 Å². The van der Waals surface area contributed by atoms with Crippen molar-refractivity contribution >= 4 is 11.3 Å². The maximum atomic E-state index is 4.97. The third-order valence-corrected chi connectivity index (χ3v) is 5.76. The Hall–Kier alpha value is -2.72. The molecule has 1 aliphatic carbocycles. The molecule has 128 valence electrons. The third-order valence-electron chi connectivity index (χ3n) is 4.94. The number of hydrogen-bond acceptors (Lipinski definition) is 3. The van der Waals surface area contributed by atoms with Crippen molar-refractivity contribution in [1.82, 2.24) is 14.8 Å². The summed E-state index contributed by atoms with van der Waals surface area (Å²) >= 11 is 1.65. The summed E-state index contributed by atoms with van der Waals surface area (Å²) in [6.07, 6.45) is 0.968. The molecule has 0 saturated heterocycles. The minimum Gasteiger partial charge on any atom is -0.218 e. The molecule has 0 unspecified atom stereocenters. The fourth-order valence-corrected chi connectivity index (χ4v) is 4.51. The molecule has 0 bridgehead atoms. The lowest BCUT2D eigenvalue weighted by Crippen LogP contribution is -2.00. The largest absolute Gasteiger partial charge is 0.218 e. The number of rotatable bonds is 3. The number of thiazole rings is 1. The molecule has 2 heterocycles. The highest BCUT2D eigenvalue weighted by Crippen LogP contribution is 2.42. The van der Waals surface area contributed by atoms with Crippen molar-refractivity contribution < 1.29 is 0 Å². The molecule has 4 aromatic rings. The third kappa shape index (κ3) is 2.33. The Kier molecular flexibility index (Phi) is 3.54. The van der Waals surface area contributed by atoms with Crippen molar-refractivity contribution in [2.45, 2.75) is 26.2 Å². The Labute approximate surface area is 157 Å². The topological polar surface area (TPSA) is 30.7 Å². The molecule has 0 spiro atoms. The molecule has 0 aliphatic heterocycles. The molecule has 2 aromatic heterocycles. The van der Waals surface area contributed by atoms with Gasteiger partial charge < -0.3 is 0 Å². The Morgan fingerprint density at radius 3 is 2.58 bits per heavy atom. The standard InChI is InChI=1S/C22H19N3S/c1-14(2)20-18-12-16-10-6-7-11-17(16)21(18)25(24-20)22-23-19(13-26-22)15-8-4-3-5-9-15/h3-11,13-14H,12H2,1-2H3. The number of aromatic nitrogens is 3. The summed E-state index contributed by atoms with van der Waals surface area (Å²) in [5.74, 6) is 0.396. The lowest BCUT2D eigenvalue weighted by atomic mass is 10.0. The minimum absolute atomic E-state index is 0.396. The van der Waals surface area contributed by atoms with Crippen molar-refractivity contribution in [3.63, 3.8) is 0 Å². The van der Waals surface area contributed by atoms with E-state index in [1.165, 1.54) is 28.1 Å². The van der Waals surface area contributed by atoms with Gasteiger partial charge in [0.05, 0.1) is 17.1 Å². The zero-order valence-electron chi connectivity index (χ0n) is 14.8. The van der Waals surface area contributed by atoms with E-state index in [1.807, 2.05) is 18.2 Å². The van der Waals surface area contributed by atoms with Gasteiger partial charge in [0.15, 0.2) is 0 Å². The van der Waals surface area contributed by atoms with Gasteiger partial charge in [-0.2, -0.15) is 5.10 Å².